The molecular formula is C13H17BrN4O. The molecule has 3 heterocycles. The summed E-state index contributed by atoms with van der Waals surface area (Å²) in [6.07, 6.45) is 7.72. The van der Waals surface area contributed by atoms with Crippen LogP contribution in [0.15, 0.2) is 23.2 Å². The summed E-state index contributed by atoms with van der Waals surface area (Å²) in [5, 5.41) is 3.64. The fraction of sp³-hybridized carbons (Fsp3) is 0.538. The zero-order valence-corrected chi connectivity index (χ0v) is 12.5. The predicted molar refractivity (Wildman–Crippen MR) is 76.0 cm³/mol. The summed E-state index contributed by atoms with van der Waals surface area (Å²) in [6.45, 7) is 4.74. The second-order valence-corrected chi connectivity index (χ2v) is 6.03. The fourth-order valence-corrected chi connectivity index (χ4v) is 2.66. The van der Waals surface area contributed by atoms with Gasteiger partial charge in [0.15, 0.2) is 5.65 Å². The summed E-state index contributed by atoms with van der Waals surface area (Å²) >= 11 is 3.39. The average molecular weight is 325 g/mol. The van der Waals surface area contributed by atoms with E-state index in [9.17, 15) is 0 Å². The van der Waals surface area contributed by atoms with Crippen molar-refractivity contribution in [2.75, 3.05) is 13.2 Å². The lowest BCUT2D eigenvalue weighted by Gasteiger charge is -2.34. The normalized spacial score (nSPS) is 18.8. The number of ether oxygens (including phenoxy) is 1. The van der Waals surface area contributed by atoms with Crippen molar-refractivity contribution in [1.82, 2.24) is 19.7 Å². The first kappa shape index (κ1) is 13.0. The summed E-state index contributed by atoms with van der Waals surface area (Å²) in [7, 11) is 0. The molecule has 2 aromatic heterocycles. The van der Waals surface area contributed by atoms with E-state index in [1.54, 1.807) is 6.20 Å². The van der Waals surface area contributed by atoms with Crippen LogP contribution >= 0.6 is 15.9 Å². The molecule has 1 N–H and O–H groups in total. The standard InChI is InChI=1S/C13H17BrN4O/c1-13(2-4-19-5-3-13)17-7-10-6-16-12-8-15-11(14)9-18(10)12/h6,8-9,17H,2-5,7H2,1H3. The molecule has 19 heavy (non-hydrogen) atoms. The van der Waals surface area contributed by atoms with Gasteiger partial charge >= 0.3 is 0 Å². The topological polar surface area (TPSA) is 51.5 Å². The van der Waals surface area contributed by atoms with Crippen molar-refractivity contribution in [3.05, 3.63) is 28.9 Å². The minimum absolute atomic E-state index is 0.159. The lowest BCUT2D eigenvalue weighted by atomic mass is 9.92. The van der Waals surface area contributed by atoms with Gasteiger partial charge in [0.05, 0.1) is 18.1 Å². The maximum Gasteiger partial charge on any atom is 0.155 e. The van der Waals surface area contributed by atoms with Crippen LogP contribution < -0.4 is 5.32 Å². The largest absolute Gasteiger partial charge is 0.381 e. The molecule has 2 aromatic rings. The second-order valence-electron chi connectivity index (χ2n) is 5.21. The van der Waals surface area contributed by atoms with Crippen molar-refractivity contribution in [3.8, 4) is 0 Å². The highest BCUT2D eigenvalue weighted by molar-refractivity contribution is 9.10. The lowest BCUT2D eigenvalue weighted by molar-refractivity contribution is 0.0444. The zero-order chi connectivity index (χ0) is 13.3. The minimum atomic E-state index is 0.159. The fourth-order valence-electron chi connectivity index (χ4n) is 2.35. The van der Waals surface area contributed by atoms with Crippen molar-refractivity contribution >= 4 is 21.6 Å². The van der Waals surface area contributed by atoms with Gasteiger partial charge in [-0.2, -0.15) is 0 Å². The number of imidazole rings is 1. The number of hydrogen-bond acceptors (Lipinski definition) is 4. The Kier molecular flexibility index (Phi) is 3.56. The molecule has 0 aromatic carbocycles. The van der Waals surface area contributed by atoms with E-state index in [1.165, 1.54) is 0 Å². The molecule has 3 rings (SSSR count). The number of nitrogens with zero attached hydrogens (tertiary/aromatic N) is 3. The highest BCUT2D eigenvalue weighted by Gasteiger charge is 2.26. The summed E-state index contributed by atoms with van der Waals surface area (Å²) in [6, 6.07) is 0. The highest BCUT2D eigenvalue weighted by Crippen LogP contribution is 2.20. The zero-order valence-electron chi connectivity index (χ0n) is 10.9. The first-order valence-electron chi connectivity index (χ1n) is 6.47. The van der Waals surface area contributed by atoms with Gasteiger partial charge in [-0.15, -0.1) is 0 Å². The van der Waals surface area contributed by atoms with E-state index in [1.807, 2.05) is 12.4 Å². The van der Waals surface area contributed by atoms with E-state index in [2.05, 4.69) is 42.5 Å². The monoisotopic (exact) mass is 324 g/mol. The number of nitrogens with one attached hydrogen (secondary N) is 1. The second kappa shape index (κ2) is 5.19. The van der Waals surface area contributed by atoms with Gasteiger partial charge in [-0.3, -0.25) is 4.40 Å². The van der Waals surface area contributed by atoms with Gasteiger partial charge in [-0.1, -0.05) is 0 Å². The van der Waals surface area contributed by atoms with Gasteiger partial charge in [-0.25, -0.2) is 9.97 Å². The Morgan fingerprint density at radius 1 is 1.37 bits per heavy atom. The van der Waals surface area contributed by atoms with Crippen LogP contribution in [0.5, 0.6) is 0 Å². The summed E-state index contributed by atoms with van der Waals surface area (Å²) in [5.74, 6) is 0. The molecule has 1 aliphatic heterocycles. The maximum absolute atomic E-state index is 5.42. The van der Waals surface area contributed by atoms with E-state index in [0.717, 1.165) is 48.5 Å². The van der Waals surface area contributed by atoms with E-state index in [0.29, 0.717) is 0 Å². The third-order valence-electron chi connectivity index (χ3n) is 3.73. The van der Waals surface area contributed by atoms with Gasteiger partial charge in [-0.05, 0) is 35.7 Å². The van der Waals surface area contributed by atoms with E-state index in [-0.39, 0.29) is 5.54 Å². The summed E-state index contributed by atoms with van der Waals surface area (Å²) in [4.78, 5) is 8.54. The number of rotatable bonds is 3. The van der Waals surface area contributed by atoms with Crippen molar-refractivity contribution in [2.24, 2.45) is 0 Å². The first-order chi connectivity index (χ1) is 9.16. The number of hydrogen-bond donors (Lipinski definition) is 1. The molecule has 1 aliphatic rings. The van der Waals surface area contributed by atoms with Gasteiger partial charge in [0.1, 0.15) is 4.60 Å². The maximum atomic E-state index is 5.42. The predicted octanol–water partition coefficient (Wildman–Crippen LogP) is 2.15. The van der Waals surface area contributed by atoms with Crippen LogP contribution in [0.1, 0.15) is 25.5 Å². The van der Waals surface area contributed by atoms with Crippen molar-refractivity contribution < 1.29 is 4.74 Å². The van der Waals surface area contributed by atoms with Crippen molar-refractivity contribution in [1.29, 1.82) is 0 Å². The van der Waals surface area contributed by atoms with Gasteiger partial charge in [0, 0.05) is 31.5 Å². The Morgan fingerprint density at radius 3 is 2.95 bits per heavy atom. The average Bonchev–Trinajstić information content (AvgIpc) is 2.80. The molecule has 102 valence electrons. The Labute approximate surface area is 120 Å². The molecule has 0 radical (unpaired) electrons. The number of fused-ring (bicyclic) bond motifs is 1. The Hall–Kier alpha value is -0.980. The van der Waals surface area contributed by atoms with E-state index < -0.39 is 0 Å². The minimum Gasteiger partial charge on any atom is -0.381 e. The van der Waals surface area contributed by atoms with E-state index >= 15 is 0 Å². The Morgan fingerprint density at radius 2 is 2.16 bits per heavy atom. The molecule has 5 nitrogen and oxygen atoms in total. The molecule has 0 bridgehead atoms. The van der Waals surface area contributed by atoms with Crippen LogP contribution in [0.3, 0.4) is 0 Å². The third kappa shape index (κ3) is 2.80. The molecule has 1 saturated heterocycles. The van der Waals surface area contributed by atoms with Crippen LogP contribution in [-0.4, -0.2) is 33.1 Å². The van der Waals surface area contributed by atoms with E-state index in [4.69, 9.17) is 4.74 Å². The van der Waals surface area contributed by atoms with Crippen LogP contribution in [0, 0.1) is 0 Å². The quantitative estimate of drug-likeness (QED) is 0.939. The number of aromatic nitrogens is 3. The molecule has 1 fully saturated rings. The van der Waals surface area contributed by atoms with Gasteiger partial charge in [0.2, 0.25) is 0 Å². The van der Waals surface area contributed by atoms with Crippen molar-refractivity contribution in [3.63, 3.8) is 0 Å². The molecule has 6 heteroatoms. The molecule has 0 saturated carbocycles. The molecule has 0 aliphatic carbocycles. The molecule has 0 spiro atoms. The number of halogens is 1. The Balaban J connectivity index is 1.76. The smallest absolute Gasteiger partial charge is 0.155 e. The van der Waals surface area contributed by atoms with Crippen LogP contribution in [0.2, 0.25) is 0 Å². The first-order valence-corrected chi connectivity index (χ1v) is 7.26. The van der Waals surface area contributed by atoms with Crippen LogP contribution in [-0.2, 0) is 11.3 Å². The molecular weight excluding hydrogens is 308 g/mol. The highest BCUT2D eigenvalue weighted by atomic mass is 79.9. The SMILES string of the molecule is CC1(NCc2cnc3cnc(Br)cn23)CCOCC1. The lowest BCUT2D eigenvalue weighted by Crippen LogP contribution is -2.46. The van der Waals surface area contributed by atoms with Gasteiger partial charge < -0.3 is 10.1 Å². The Bertz CT molecular complexity index is 577. The molecule has 0 atom stereocenters. The van der Waals surface area contributed by atoms with Crippen LogP contribution in [0.4, 0.5) is 0 Å². The molecule has 0 unspecified atom stereocenters. The third-order valence-corrected chi connectivity index (χ3v) is 4.14. The van der Waals surface area contributed by atoms with Crippen LogP contribution in [0.25, 0.3) is 5.65 Å². The summed E-state index contributed by atoms with van der Waals surface area (Å²) < 4.78 is 8.29. The van der Waals surface area contributed by atoms with Crippen molar-refractivity contribution in [2.45, 2.75) is 31.8 Å². The summed E-state index contributed by atoms with van der Waals surface area (Å²) in [5.41, 5.74) is 2.18. The molecule has 0 amide bonds. The van der Waals surface area contributed by atoms with Gasteiger partial charge in [0.25, 0.3) is 0 Å².